The number of carbonyl (C=O) groups is 3. The Hall–Kier alpha value is -2.37. The lowest BCUT2D eigenvalue weighted by Crippen LogP contribution is -2.54. The van der Waals surface area contributed by atoms with Crippen molar-refractivity contribution in [3.63, 3.8) is 0 Å². The molecule has 0 atom stereocenters. The number of nitrogens with zero attached hydrogens (tertiary/aromatic N) is 1. The minimum Gasteiger partial charge on any atom is -0.345 e. The molecule has 0 bridgehead atoms. The van der Waals surface area contributed by atoms with Crippen LogP contribution < -0.4 is 10.6 Å². The van der Waals surface area contributed by atoms with Crippen LogP contribution in [0.25, 0.3) is 0 Å². The highest BCUT2D eigenvalue weighted by Gasteiger charge is 2.52. The average Bonchev–Trinajstić information content (AvgIpc) is 2.86. The van der Waals surface area contributed by atoms with Crippen LogP contribution in [0.3, 0.4) is 0 Å². The number of carbonyl (C=O) groups excluding carboxylic acids is 3. The number of urea groups is 1. The summed E-state index contributed by atoms with van der Waals surface area (Å²) in [6.07, 6.45) is 5.97. The fraction of sp³-hybridized carbons (Fsp3) is 0.571. The minimum atomic E-state index is -0.794. The molecule has 6 nitrogen and oxygen atoms in total. The monoisotopic (exact) mass is 369 g/mol. The van der Waals surface area contributed by atoms with Crippen molar-refractivity contribution in [1.82, 2.24) is 15.5 Å². The molecule has 1 aromatic rings. The Bertz CT molecular complexity index is 749. The molecule has 2 saturated carbocycles. The normalized spacial score (nSPS) is 29.4. The van der Waals surface area contributed by atoms with E-state index in [0.717, 1.165) is 42.6 Å². The van der Waals surface area contributed by atoms with Crippen LogP contribution in [0.4, 0.5) is 4.79 Å². The summed E-state index contributed by atoms with van der Waals surface area (Å²) in [5.74, 6) is 0.0576. The highest BCUT2D eigenvalue weighted by atomic mass is 16.2. The fourth-order valence-electron chi connectivity index (χ4n) is 4.64. The second kappa shape index (κ2) is 6.66. The van der Waals surface area contributed by atoms with Gasteiger partial charge in [-0.1, -0.05) is 37.3 Å². The Morgan fingerprint density at radius 2 is 1.81 bits per heavy atom. The van der Waals surface area contributed by atoms with Crippen LogP contribution in [0, 0.1) is 5.92 Å². The highest BCUT2D eigenvalue weighted by molar-refractivity contribution is 6.09. The lowest BCUT2D eigenvalue weighted by molar-refractivity contribution is -0.137. The van der Waals surface area contributed by atoms with Gasteiger partial charge in [-0.2, -0.15) is 0 Å². The summed E-state index contributed by atoms with van der Waals surface area (Å²) in [5.41, 5.74) is -0.0768. The zero-order valence-corrected chi connectivity index (χ0v) is 15.8. The standard InChI is InChI=1S/C21H27N3O3/c1-15-8-12-21(13-9-15)18(26)24(19(27)23-21)14-17(25)22-20(10-5-11-20)16-6-3-2-4-7-16/h2-4,6-7,15H,5,8-14H2,1H3,(H,22,25)(H,23,27). The van der Waals surface area contributed by atoms with Gasteiger partial charge < -0.3 is 10.6 Å². The van der Waals surface area contributed by atoms with Gasteiger partial charge in [0.2, 0.25) is 5.91 Å². The number of hydrogen-bond acceptors (Lipinski definition) is 3. The molecular weight excluding hydrogens is 342 g/mol. The second-order valence-corrected chi connectivity index (χ2v) is 8.44. The van der Waals surface area contributed by atoms with Crippen molar-refractivity contribution in [1.29, 1.82) is 0 Å². The van der Waals surface area contributed by atoms with Gasteiger partial charge >= 0.3 is 6.03 Å². The number of hydrogen-bond donors (Lipinski definition) is 2. The Labute approximate surface area is 159 Å². The zero-order chi connectivity index (χ0) is 19.1. The van der Waals surface area contributed by atoms with Gasteiger partial charge in [-0.25, -0.2) is 4.79 Å². The molecule has 2 N–H and O–H groups in total. The van der Waals surface area contributed by atoms with E-state index in [0.29, 0.717) is 18.8 Å². The van der Waals surface area contributed by atoms with Gasteiger partial charge in [-0.3, -0.25) is 14.5 Å². The van der Waals surface area contributed by atoms with Gasteiger partial charge in [0, 0.05) is 0 Å². The number of imide groups is 1. The zero-order valence-electron chi connectivity index (χ0n) is 15.8. The van der Waals surface area contributed by atoms with Gasteiger partial charge in [0.05, 0.1) is 5.54 Å². The first-order valence-electron chi connectivity index (χ1n) is 9.95. The van der Waals surface area contributed by atoms with Crippen LogP contribution in [0.1, 0.15) is 57.4 Å². The van der Waals surface area contributed by atoms with Crippen molar-refractivity contribution in [3.05, 3.63) is 35.9 Å². The van der Waals surface area contributed by atoms with Gasteiger partial charge in [0.1, 0.15) is 12.1 Å². The molecule has 0 aromatic heterocycles. The molecule has 1 aromatic carbocycles. The third kappa shape index (κ3) is 3.11. The summed E-state index contributed by atoms with van der Waals surface area (Å²) in [6.45, 7) is 1.96. The number of benzene rings is 1. The predicted octanol–water partition coefficient (Wildman–Crippen LogP) is 2.68. The van der Waals surface area contributed by atoms with Crippen molar-refractivity contribution in [2.24, 2.45) is 5.92 Å². The Balaban J connectivity index is 1.44. The molecule has 1 spiro atoms. The Kier molecular flexibility index (Phi) is 4.44. The number of rotatable bonds is 4. The van der Waals surface area contributed by atoms with Crippen molar-refractivity contribution in [3.8, 4) is 0 Å². The molecule has 27 heavy (non-hydrogen) atoms. The summed E-state index contributed by atoms with van der Waals surface area (Å²) >= 11 is 0. The Morgan fingerprint density at radius 1 is 1.15 bits per heavy atom. The largest absolute Gasteiger partial charge is 0.345 e. The first-order valence-corrected chi connectivity index (χ1v) is 9.95. The summed E-state index contributed by atoms with van der Waals surface area (Å²) in [7, 11) is 0. The first kappa shape index (κ1) is 18.0. The smallest absolute Gasteiger partial charge is 0.325 e. The van der Waals surface area contributed by atoms with E-state index in [1.54, 1.807) is 0 Å². The van der Waals surface area contributed by atoms with Crippen molar-refractivity contribution in [2.45, 2.75) is 62.9 Å². The fourth-order valence-corrected chi connectivity index (χ4v) is 4.64. The van der Waals surface area contributed by atoms with Gasteiger partial charge in [0.15, 0.2) is 0 Å². The van der Waals surface area contributed by atoms with Gasteiger partial charge in [-0.15, -0.1) is 0 Å². The summed E-state index contributed by atoms with van der Waals surface area (Å²) < 4.78 is 0. The number of amides is 4. The lowest BCUT2D eigenvalue weighted by atomic mass is 9.72. The molecule has 1 heterocycles. The molecule has 144 valence electrons. The van der Waals surface area contributed by atoms with Crippen molar-refractivity contribution >= 4 is 17.8 Å². The Morgan fingerprint density at radius 3 is 2.41 bits per heavy atom. The molecular formula is C21H27N3O3. The average molecular weight is 369 g/mol. The van der Waals surface area contributed by atoms with E-state index in [2.05, 4.69) is 17.6 Å². The van der Waals surface area contributed by atoms with Crippen LogP contribution in [-0.2, 0) is 15.1 Å². The maximum absolute atomic E-state index is 12.9. The van der Waals surface area contributed by atoms with Crippen LogP contribution in [0.2, 0.25) is 0 Å². The molecule has 1 aliphatic heterocycles. The molecule has 6 heteroatoms. The van der Waals surface area contributed by atoms with Crippen LogP contribution in [-0.4, -0.2) is 34.8 Å². The van der Waals surface area contributed by atoms with E-state index in [-0.39, 0.29) is 23.9 Å². The molecule has 0 unspecified atom stereocenters. The summed E-state index contributed by atoms with van der Waals surface area (Å²) in [5, 5.41) is 5.97. The quantitative estimate of drug-likeness (QED) is 0.801. The molecule has 3 fully saturated rings. The van der Waals surface area contributed by atoms with E-state index < -0.39 is 11.6 Å². The maximum Gasteiger partial charge on any atom is 0.325 e. The first-order chi connectivity index (χ1) is 12.9. The SMILES string of the molecule is CC1CCC2(CC1)NC(=O)N(CC(=O)NC1(c3ccccc3)CCC1)C2=O. The van der Waals surface area contributed by atoms with Gasteiger partial charge in [-0.05, 0) is 56.4 Å². The predicted molar refractivity (Wildman–Crippen MR) is 101 cm³/mol. The van der Waals surface area contributed by atoms with Crippen LogP contribution in [0.15, 0.2) is 30.3 Å². The number of nitrogens with one attached hydrogen (secondary N) is 2. The van der Waals surface area contributed by atoms with E-state index in [9.17, 15) is 14.4 Å². The lowest BCUT2D eigenvalue weighted by Gasteiger charge is -2.43. The minimum absolute atomic E-state index is 0.212. The third-order valence-corrected chi connectivity index (χ3v) is 6.59. The molecule has 0 radical (unpaired) electrons. The second-order valence-electron chi connectivity index (χ2n) is 8.44. The van der Waals surface area contributed by atoms with E-state index in [4.69, 9.17) is 0 Å². The maximum atomic E-state index is 12.9. The summed E-state index contributed by atoms with van der Waals surface area (Å²) in [6, 6.07) is 9.48. The topological polar surface area (TPSA) is 78.5 Å². The van der Waals surface area contributed by atoms with Gasteiger partial charge in [0.25, 0.3) is 5.91 Å². The molecule has 3 aliphatic rings. The third-order valence-electron chi connectivity index (χ3n) is 6.59. The molecule has 2 aliphatic carbocycles. The van der Waals surface area contributed by atoms with Crippen LogP contribution >= 0.6 is 0 Å². The van der Waals surface area contributed by atoms with E-state index >= 15 is 0 Å². The summed E-state index contributed by atoms with van der Waals surface area (Å²) in [4.78, 5) is 39.1. The molecule has 4 rings (SSSR count). The molecule has 1 saturated heterocycles. The van der Waals surface area contributed by atoms with Crippen molar-refractivity contribution in [2.75, 3.05) is 6.54 Å². The van der Waals surface area contributed by atoms with Crippen molar-refractivity contribution < 1.29 is 14.4 Å². The highest BCUT2D eigenvalue weighted by Crippen LogP contribution is 2.41. The van der Waals surface area contributed by atoms with E-state index in [1.165, 1.54) is 0 Å². The van der Waals surface area contributed by atoms with Crippen LogP contribution in [0.5, 0.6) is 0 Å². The van der Waals surface area contributed by atoms with E-state index in [1.807, 2.05) is 30.3 Å². The molecule has 4 amide bonds.